The second-order valence-corrected chi connectivity index (χ2v) is 8.42. The van der Waals surface area contributed by atoms with Crippen molar-refractivity contribution in [3.05, 3.63) is 11.8 Å². The van der Waals surface area contributed by atoms with Crippen molar-refractivity contribution in [3.63, 3.8) is 0 Å². The fraction of sp³-hybridized carbons (Fsp3) is 0.765. The summed E-state index contributed by atoms with van der Waals surface area (Å²) >= 11 is 0. The Bertz CT molecular complexity index is 591. The SMILES string of the molecule is CC(C)(C)OC(=O)Nc1cc([C@H]2C[C@@H](F)[C@@H](O)C2)nn1C(C)(C)C. The minimum Gasteiger partial charge on any atom is -0.444 e. The number of anilines is 1. The molecule has 2 N–H and O–H groups in total. The van der Waals surface area contributed by atoms with Gasteiger partial charge in [0, 0.05) is 12.0 Å². The molecule has 1 aliphatic carbocycles. The van der Waals surface area contributed by atoms with Crippen molar-refractivity contribution in [1.29, 1.82) is 0 Å². The zero-order valence-electron chi connectivity index (χ0n) is 15.3. The zero-order valence-corrected chi connectivity index (χ0v) is 15.3. The van der Waals surface area contributed by atoms with Crippen LogP contribution in [0.1, 0.15) is 66.0 Å². The number of carbonyl (C=O) groups is 1. The van der Waals surface area contributed by atoms with Crippen LogP contribution in [0.2, 0.25) is 0 Å². The first-order valence-electron chi connectivity index (χ1n) is 8.29. The molecule has 1 amide bonds. The highest BCUT2D eigenvalue weighted by molar-refractivity contribution is 5.83. The molecule has 1 aromatic heterocycles. The largest absolute Gasteiger partial charge is 0.444 e. The van der Waals surface area contributed by atoms with Gasteiger partial charge in [-0.1, -0.05) is 0 Å². The maximum absolute atomic E-state index is 13.6. The van der Waals surface area contributed by atoms with E-state index in [9.17, 15) is 14.3 Å². The molecule has 1 aromatic rings. The predicted octanol–water partition coefficient (Wildman–Crippen LogP) is 3.56. The Morgan fingerprint density at radius 1 is 1.33 bits per heavy atom. The molecule has 1 saturated carbocycles. The van der Waals surface area contributed by atoms with E-state index >= 15 is 0 Å². The summed E-state index contributed by atoms with van der Waals surface area (Å²) in [6.45, 7) is 11.3. The lowest BCUT2D eigenvalue weighted by atomic mass is 10.0. The molecule has 0 spiro atoms. The summed E-state index contributed by atoms with van der Waals surface area (Å²) in [5.74, 6) is 0.348. The fourth-order valence-electron chi connectivity index (χ4n) is 2.81. The Labute approximate surface area is 142 Å². The highest BCUT2D eigenvalue weighted by Gasteiger charge is 2.36. The van der Waals surface area contributed by atoms with Crippen LogP contribution in [0.3, 0.4) is 0 Å². The van der Waals surface area contributed by atoms with Gasteiger partial charge in [-0.2, -0.15) is 5.10 Å². The van der Waals surface area contributed by atoms with Crippen molar-refractivity contribution in [3.8, 4) is 0 Å². The number of rotatable bonds is 2. The molecule has 0 aromatic carbocycles. The fourth-order valence-corrected chi connectivity index (χ4v) is 2.81. The number of ether oxygens (including phenoxy) is 1. The lowest BCUT2D eigenvalue weighted by Crippen LogP contribution is -2.30. The first kappa shape index (κ1) is 18.7. The predicted molar refractivity (Wildman–Crippen MR) is 90.0 cm³/mol. The van der Waals surface area contributed by atoms with Crippen molar-refractivity contribution in [2.75, 3.05) is 5.32 Å². The molecule has 1 fully saturated rings. The van der Waals surface area contributed by atoms with Crippen LogP contribution in [0.25, 0.3) is 0 Å². The van der Waals surface area contributed by atoms with Crippen LogP contribution in [-0.4, -0.2) is 38.9 Å². The third-order valence-electron chi connectivity index (χ3n) is 3.86. The van der Waals surface area contributed by atoms with Crippen molar-refractivity contribution in [2.24, 2.45) is 0 Å². The van der Waals surface area contributed by atoms with Crippen LogP contribution >= 0.6 is 0 Å². The highest BCUT2D eigenvalue weighted by atomic mass is 19.1. The number of carbonyl (C=O) groups excluding carboxylic acids is 1. The quantitative estimate of drug-likeness (QED) is 0.862. The maximum atomic E-state index is 13.6. The van der Waals surface area contributed by atoms with Crippen molar-refractivity contribution < 1.29 is 19.0 Å². The van der Waals surface area contributed by atoms with E-state index in [1.54, 1.807) is 31.5 Å². The van der Waals surface area contributed by atoms with Crippen LogP contribution in [0.5, 0.6) is 0 Å². The van der Waals surface area contributed by atoms with Gasteiger partial charge in [-0.3, -0.25) is 5.32 Å². The van der Waals surface area contributed by atoms with Gasteiger partial charge < -0.3 is 9.84 Å². The van der Waals surface area contributed by atoms with E-state index in [2.05, 4.69) is 10.4 Å². The minimum absolute atomic E-state index is 0.155. The van der Waals surface area contributed by atoms with E-state index in [1.165, 1.54) is 0 Å². The minimum atomic E-state index is -1.22. The Hall–Kier alpha value is -1.63. The number of alkyl halides is 1. The molecule has 24 heavy (non-hydrogen) atoms. The molecule has 0 aliphatic heterocycles. The van der Waals surface area contributed by atoms with Gasteiger partial charge in [0.15, 0.2) is 0 Å². The van der Waals surface area contributed by atoms with Crippen LogP contribution in [0.15, 0.2) is 6.07 Å². The number of nitrogens with one attached hydrogen (secondary N) is 1. The van der Waals surface area contributed by atoms with E-state index in [-0.39, 0.29) is 17.9 Å². The average Bonchev–Trinajstić information content (AvgIpc) is 2.91. The molecule has 0 unspecified atom stereocenters. The van der Waals surface area contributed by atoms with Gasteiger partial charge in [0.1, 0.15) is 17.6 Å². The lowest BCUT2D eigenvalue weighted by Gasteiger charge is -2.24. The van der Waals surface area contributed by atoms with Crippen molar-refractivity contribution in [1.82, 2.24) is 9.78 Å². The first-order chi connectivity index (χ1) is 10.9. The number of nitrogens with zero attached hydrogens (tertiary/aromatic N) is 2. The summed E-state index contributed by atoms with van der Waals surface area (Å²) in [7, 11) is 0. The van der Waals surface area contributed by atoms with Gasteiger partial charge in [0.05, 0.1) is 17.3 Å². The third-order valence-corrected chi connectivity index (χ3v) is 3.86. The summed E-state index contributed by atoms with van der Waals surface area (Å²) in [6.07, 6.45) is -2.15. The number of halogens is 1. The lowest BCUT2D eigenvalue weighted by molar-refractivity contribution is 0.0634. The number of hydrogen-bond acceptors (Lipinski definition) is 4. The molecule has 1 heterocycles. The Morgan fingerprint density at radius 3 is 2.42 bits per heavy atom. The second-order valence-electron chi connectivity index (χ2n) is 8.42. The summed E-state index contributed by atoms with van der Waals surface area (Å²) < 4.78 is 20.6. The normalized spacial score (nSPS) is 24.9. The highest BCUT2D eigenvalue weighted by Crippen LogP contribution is 2.37. The molecular formula is C17H28FN3O3. The second kappa shape index (κ2) is 6.35. The van der Waals surface area contributed by atoms with Gasteiger partial charge in [0.25, 0.3) is 0 Å². The van der Waals surface area contributed by atoms with E-state index < -0.39 is 24.0 Å². The van der Waals surface area contributed by atoms with E-state index in [4.69, 9.17) is 4.74 Å². The van der Waals surface area contributed by atoms with E-state index in [0.29, 0.717) is 17.9 Å². The van der Waals surface area contributed by atoms with Gasteiger partial charge in [-0.05, 0) is 54.4 Å². The molecule has 3 atom stereocenters. The smallest absolute Gasteiger partial charge is 0.413 e. The molecule has 136 valence electrons. The third kappa shape index (κ3) is 4.47. The number of aliphatic hydroxyl groups is 1. The molecule has 0 radical (unpaired) electrons. The Morgan fingerprint density at radius 2 is 1.96 bits per heavy atom. The summed E-state index contributed by atoms with van der Waals surface area (Å²) in [4.78, 5) is 12.1. The Kier molecular flexibility index (Phi) is 4.95. The molecular weight excluding hydrogens is 313 g/mol. The van der Waals surface area contributed by atoms with Crippen molar-refractivity contribution >= 4 is 11.9 Å². The van der Waals surface area contributed by atoms with Crippen LogP contribution in [-0.2, 0) is 10.3 Å². The zero-order chi connectivity index (χ0) is 18.3. The number of aromatic nitrogens is 2. The van der Waals surface area contributed by atoms with Crippen LogP contribution in [0.4, 0.5) is 15.0 Å². The van der Waals surface area contributed by atoms with Crippen LogP contribution in [0, 0.1) is 0 Å². The van der Waals surface area contributed by atoms with E-state index in [0.717, 1.165) is 0 Å². The molecule has 7 heteroatoms. The summed E-state index contributed by atoms with van der Waals surface area (Å²) in [6, 6.07) is 1.74. The first-order valence-corrected chi connectivity index (χ1v) is 8.29. The monoisotopic (exact) mass is 341 g/mol. The number of amides is 1. The topological polar surface area (TPSA) is 76.4 Å². The van der Waals surface area contributed by atoms with E-state index in [1.807, 2.05) is 20.8 Å². The van der Waals surface area contributed by atoms with Gasteiger partial charge in [-0.25, -0.2) is 13.9 Å². The molecule has 2 rings (SSSR count). The van der Waals surface area contributed by atoms with Crippen LogP contribution < -0.4 is 5.32 Å². The van der Waals surface area contributed by atoms with Gasteiger partial charge in [-0.15, -0.1) is 0 Å². The van der Waals surface area contributed by atoms with Gasteiger partial charge >= 0.3 is 6.09 Å². The summed E-state index contributed by atoms with van der Waals surface area (Å²) in [5, 5.41) is 16.9. The number of hydrogen-bond donors (Lipinski definition) is 2. The summed E-state index contributed by atoms with van der Waals surface area (Å²) in [5.41, 5.74) is -0.291. The molecule has 6 nitrogen and oxygen atoms in total. The van der Waals surface area contributed by atoms with Gasteiger partial charge in [0.2, 0.25) is 0 Å². The molecule has 0 bridgehead atoms. The Balaban J connectivity index is 2.25. The number of aliphatic hydroxyl groups excluding tert-OH is 1. The average molecular weight is 341 g/mol. The molecule has 1 aliphatic rings. The van der Waals surface area contributed by atoms with Crippen molar-refractivity contribution in [2.45, 2.75) is 83.7 Å². The standard InChI is InChI=1S/C17H28FN3O3/c1-16(2,3)21-14(19-15(23)24-17(4,5)6)9-12(20-21)10-7-11(18)13(22)8-10/h9-11,13,22H,7-8H2,1-6H3,(H,19,23)/t10-,11+,13-/m0/s1. The molecule has 0 saturated heterocycles. The maximum Gasteiger partial charge on any atom is 0.413 e.